The van der Waals surface area contributed by atoms with Crippen molar-refractivity contribution in [2.24, 2.45) is 5.73 Å². The number of hydrogen-bond donors (Lipinski definition) is 1. The van der Waals surface area contributed by atoms with Gasteiger partial charge in [0.2, 0.25) is 0 Å². The predicted octanol–water partition coefficient (Wildman–Crippen LogP) is 0.212. The van der Waals surface area contributed by atoms with Crippen molar-refractivity contribution >= 4 is 5.78 Å². The Labute approximate surface area is 95.2 Å². The van der Waals surface area contributed by atoms with Gasteiger partial charge in [-0.05, 0) is 27.2 Å². The molecule has 2 fully saturated rings. The largest absolute Gasteiger partial charge is 0.368 e. The van der Waals surface area contributed by atoms with Crippen molar-refractivity contribution in [1.82, 2.24) is 0 Å². The van der Waals surface area contributed by atoms with Crippen LogP contribution in [0.3, 0.4) is 0 Å². The number of ether oxygens (including phenoxy) is 3. The molecule has 5 heteroatoms. The van der Waals surface area contributed by atoms with Gasteiger partial charge < -0.3 is 19.9 Å². The molecule has 0 spiro atoms. The molecule has 5 nitrogen and oxygen atoms in total. The fourth-order valence-electron chi connectivity index (χ4n) is 2.36. The number of carbonyl (C=O) groups excluding carboxylic acids is 1. The van der Waals surface area contributed by atoms with E-state index in [-0.39, 0.29) is 36.7 Å². The lowest BCUT2D eigenvalue weighted by Crippen LogP contribution is -2.35. The van der Waals surface area contributed by atoms with Gasteiger partial charge in [-0.2, -0.15) is 0 Å². The van der Waals surface area contributed by atoms with Gasteiger partial charge in [0.25, 0.3) is 0 Å². The van der Waals surface area contributed by atoms with Crippen molar-refractivity contribution in [1.29, 1.82) is 0 Å². The quantitative estimate of drug-likeness (QED) is 0.749. The molecule has 0 aromatic carbocycles. The summed E-state index contributed by atoms with van der Waals surface area (Å²) < 4.78 is 17.0. The lowest BCUT2D eigenvalue weighted by Gasteiger charge is -2.22. The van der Waals surface area contributed by atoms with Crippen LogP contribution < -0.4 is 5.73 Å². The van der Waals surface area contributed by atoms with Gasteiger partial charge in [0, 0.05) is 6.04 Å². The van der Waals surface area contributed by atoms with E-state index in [4.69, 9.17) is 19.9 Å². The second-order valence-electron chi connectivity index (χ2n) is 5.02. The number of carbonyl (C=O) groups is 1. The van der Waals surface area contributed by atoms with Gasteiger partial charge in [-0.15, -0.1) is 0 Å². The fourth-order valence-corrected chi connectivity index (χ4v) is 2.36. The van der Waals surface area contributed by atoms with E-state index in [9.17, 15) is 4.79 Å². The average Bonchev–Trinajstić information content (AvgIpc) is 2.59. The zero-order valence-electron chi connectivity index (χ0n) is 9.93. The normalized spacial score (nSPS) is 41.0. The first kappa shape index (κ1) is 12.0. The van der Waals surface area contributed by atoms with Crippen molar-refractivity contribution < 1.29 is 19.0 Å². The highest BCUT2D eigenvalue weighted by molar-refractivity contribution is 5.76. The summed E-state index contributed by atoms with van der Waals surface area (Å²) in [6.45, 7) is 5.34. The first-order valence-corrected chi connectivity index (χ1v) is 5.61. The summed E-state index contributed by atoms with van der Waals surface area (Å²) in [5.74, 6) is -0.597. The standard InChI is InChI=1S/C11H19NO4/c1-6(13)5-14-8-4-7(12)9-10(8)16-11(2,3)15-9/h7-10H,4-5,12H2,1-3H3/t7-,8+,9+,10-/m1/s1. The van der Waals surface area contributed by atoms with E-state index >= 15 is 0 Å². The first-order chi connectivity index (χ1) is 7.39. The number of ketones is 1. The molecule has 2 rings (SSSR count). The van der Waals surface area contributed by atoms with Gasteiger partial charge in [-0.25, -0.2) is 0 Å². The molecule has 2 aliphatic rings. The van der Waals surface area contributed by atoms with Gasteiger partial charge in [0.05, 0.1) is 6.10 Å². The molecule has 1 saturated heterocycles. The molecule has 92 valence electrons. The maximum atomic E-state index is 10.9. The molecule has 4 atom stereocenters. The third-order valence-electron chi connectivity index (χ3n) is 2.96. The molecule has 0 unspecified atom stereocenters. The Morgan fingerprint density at radius 2 is 2.06 bits per heavy atom. The Balaban J connectivity index is 1.99. The minimum Gasteiger partial charge on any atom is -0.368 e. The highest BCUT2D eigenvalue weighted by Gasteiger charge is 2.53. The van der Waals surface area contributed by atoms with Crippen LogP contribution in [0, 0.1) is 0 Å². The van der Waals surface area contributed by atoms with Gasteiger partial charge in [0.1, 0.15) is 18.8 Å². The minimum atomic E-state index is -0.606. The monoisotopic (exact) mass is 229 g/mol. The molecule has 0 aromatic rings. The molecule has 0 amide bonds. The lowest BCUT2D eigenvalue weighted by atomic mass is 10.2. The Hall–Kier alpha value is -0.490. The molecule has 1 aliphatic carbocycles. The van der Waals surface area contributed by atoms with Crippen LogP contribution in [-0.2, 0) is 19.0 Å². The van der Waals surface area contributed by atoms with Crippen molar-refractivity contribution in [3.8, 4) is 0 Å². The second kappa shape index (κ2) is 4.07. The number of rotatable bonds is 3. The minimum absolute atomic E-state index is 0.00944. The van der Waals surface area contributed by atoms with Crippen LogP contribution in [-0.4, -0.2) is 42.5 Å². The third kappa shape index (κ3) is 2.27. The van der Waals surface area contributed by atoms with Gasteiger partial charge >= 0.3 is 0 Å². The number of hydrogen-bond acceptors (Lipinski definition) is 5. The summed E-state index contributed by atoms with van der Waals surface area (Å²) in [5.41, 5.74) is 5.97. The molecule has 1 saturated carbocycles. The molecule has 2 N–H and O–H groups in total. The fraction of sp³-hybridized carbons (Fsp3) is 0.909. The Morgan fingerprint density at radius 3 is 2.69 bits per heavy atom. The summed E-state index contributed by atoms with van der Waals surface area (Å²) in [4.78, 5) is 10.9. The Bertz CT molecular complexity index is 292. The molecule has 1 aliphatic heterocycles. The van der Waals surface area contributed by atoms with Crippen molar-refractivity contribution in [3.63, 3.8) is 0 Å². The zero-order valence-corrected chi connectivity index (χ0v) is 9.93. The van der Waals surface area contributed by atoms with Crippen LogP contribution in [0.2, 0.25) is 0 Å². The first-order valence-electron chi connectivity index (χ1n) is 5.61. The average molecular weight is 229 g/mol. The third-order valence-corrected chi connectivity index (χ3v) is 2.96. The van der Waals surface area contributed by atoms with E-state index < -0.39 is 5.79 Å². The van der Waals surface area contributed by atoms with Crippen molar-refractivity contribution in [2.45, 2.75) is 57.3 Å². The van der Waals surface area contributed by atoms with E-state index in [0.717, 1.165) is 0 Å². The van der Waals surface area contributed by atoms with Crippen LogP contribution in [0.4, 0.5) is 0 Å². The van der Waals surface area contributed by atoms with Crippen molar-refractivity contribution in [2.75, 3.05) is 6.61 Å². The predicted molar refractivity (Wildman–Crippen MR) is 56.8 cm³/mol. The number of Topliss-reactive ketones (excluding diaryl/α,β-unsaturated/α-hetero) is 1. The Kier molecular flexibility index (Phi) is 3.05. The molecular formula is C11H19NO4. The van der Waals surface area contributed by atoms with E-state index in [2.05, 4.69) is 0 Å². The zero-order chi connectivity index (χ0) is 11.9. The molecule has 0 bridgehead atoms. The molecular weight excluding hydrogens is 210 g/mol. The summed E-state index contributed by atoms with van der Waals surface area (Å²) >= 11 is 0. The second-order valence-corrected chi connectivity index (χ2v) is 5.02. The summed E-state index contributed by atoms with van der Waals surface area (Å²) in [6, 6.07) is -0.0799. The van der Waals surface area contributed by atoms with E-state index in [1.54, 1.807) is 0 Å². The molecule has 0 radical (unpaired) electrons. The summed E-state index contributed by atoms with van der Waals surface area (Å²) in [5, 5.41) is 0. The summed E-state index contributed by atoms with van der Waals surface area (Å²) in [6.07, 6.45) is 0.278. The van der Waals surface area contributed by atoms with Crippen LogP contribution in [0.5, 0.6) is 0 Å². The van der Waals surface area contributed by atoms with E-state index in [1.165, 1.54) is 6.92 Å². The van der Waals surface area contributed by atoms with E-state index in [1.807, 2.05) is 13.8 Å². The number of nitrogens with two attached hydrogens (primary N) is 1. The van der Waals surface area contributed by atoms with Crippen LogP contribution in [0.25, 0.3) is 0 Å². The van der Waals surface area contributed by atoms with Gasteiger partial charge in [-0.1, -0.05) is 0 Å². The Morgan fingerprint density at radius 1 is 1.44 bits per heavy atom. The molecule has 16 heavy (non-hydrogen) atoms. The number of fused-ring (bicyclic) bond motifs is 1. The van der Waals surface area contributed by atoms with Crippen molar-refractivity contribution in [3.05, 3.63) is 0 Å². The van der Waals surface area contributed by atoms with E-state index in [0.29, 0.717) is 6.42 Å². The van der Waals surface area contributed by atoms with Gasteiger partial charge in [-0.3, -0.25) is 4.79 Å². The summed E-state index contributed by atoms with van der Waals surface area (Å²) in [7, 11) is 0. The highest BCUT2D eigenvalue weighted by Crippen LogP contribution is 2.38. The van der Waals surface area contributed by atoms with Crippen LogP contribution in [0.15, 0.2) is 0 Å². The van der Waals surface area contributed by atoms with Crippen LogP contribution in [0.1, 0.15) is 27.2 Å². The smallest absolute Gasteiger partial charge is 0.163 e. The molecule has 0 aromatic heterocycles. The SMILES string of the molecule is CC(=O)CO[C@H]1C[C@@H](N)[C@@H]2OC(C)(C)O[C@@H]21. The lowest BCUT2D eigenvalue weighted by molar-refractivity contribution is -0.168. The topological polar surface area (TPSA) is 70.8 Å². The maximum absolute atomic E-state index is 10.9. The maximum Gasteiger partial charge on any atom is 0.163 e. The molecule has 1 heterocycles. The van der Waals surface area contributed by atoms with Crippen LogP contribution >= 0.6 is 0 Å². The van der Waals surface area contributed by atoms with Gasteiger partial charge in [0.15, 0.2) is 11.6 Å². The highest BCUT2D eigenvalue weighted by atomic mass is 16.8.